The highest BCUT2D eigenvalue weighted by molar-refractivity contribution is 6.29. The van der Waals surface area contributed by atoms with E-state index in [1.165, 1.54) is 30.3 Å². The Balaban J connectivity index is 1.56. The molecule has 0 atom stereocenters. The molecule has 51 heavy (non-hydrogen) atoms. The van der Waals surface area contributed by atoms with Crippen molar-refractivity contribution in [3.05, 3.63) is 131 Å². The van der Waals surface area contributed by atoms with Crippen LogP contribution in [-0.4, -0.2) is 53.4 Å². The van der Waals surface area contributed by atoms with E-state index in [0.717, 1.165) is 22.6 Å². The molecule has 0 unspecified atom stereocenters. The van der Waals surface area contributed by atoms with Gasteiger partial charge in [0.1, 0.15) is 11.3 Å². The summed E-state index contributed by atoms with van der Waals surface area (Å²) in [6, 6.07) is 27.5. The average molecular weight is 687 g/mol. The topological polar surface area (TPSA) is 138 Å². The van der Waals surface area contributed by atoms with E-state index in [0.29, 0.717) is 40.4 Å². The monoisotopic (exact) mass is 686 g/mol. The van der Waals surface area contributed by atoms with Crippen LogP contribution in [0.3, 0.4) is 0 Å². The molecule has 5 rings (SSSR count). The SMILES string of the molecule is CCOC(=O)c1ccc(NC(=O)C(=Cc2cn(-c3ccccc3)nc2-c2ccc(OCC)c(C)c2)C(=O)Nc2ccc(C(=O)OCC)cc2)cc1. The molecule has 2 amide bonds. The summed E-state index contributed by atoms with van der Waals surface area (Å²) in [4.78, 5) is 52.2. The molecule has 4 aromatic carbocycles. The minimum absolute atomic E-state index is 0.226. The van der Waals surface area contributed by atoms with Crippen molar-refractivity contribution in [2.45, 2.75) is 27.7 Å². The molecule has 1 heterocycles. The molecule has 11 heteroatoms. The number of esters is 2. The van der Waals surface area contributed by atoms with Crippen LogP contribution in [0, 0.1) is 6.92 Å². The van der Waals surface area contributed by atoms with Crippen molar-refractivity contribution in [2.75, 3.05) is 30.5 Å². The van der Waals surface area contributed by atoms with Crippen LogP contribution in [0.1, 0.15) is 52.6 Å². The van der Waals surface area contributed by atoms with E-state index >= 15 is 0 Å². The van der Waals surface area contributed by atoms with Crippen molar-refractivity contribution in [2.24, 2.45) is 0 Å². The van der Waals surface area contributed by atoms with Crippen molar-refractivity contribution in [3.8, 4) is 22.7 Å². The van der Waals surface area contributed by atoms with Gasteiger partial charge >= 0.3 is 11.9 Å². The Bertz CT molecular complexity index is 1970. The second-order valence-corrected chi connectivity index (χ2v) is 11.2. The van der Waals surface area contributed by atoms with E-state index in [-0.39, 0.29) is 18.8 Å². The Morgan fingerprint density at radius 1 is 0.706 bits per heavy atom. The third-order valence-corrected chi connectivity index (χ3v) is 7.61. The third-order valence-electron chi connectivity index (χ3n) is 7.61. The number of hydrogen-bond acceptors (Lipinski definition) is 8. The Morgan fingerprint density at radius 2 is 1.25 bits per heavy atom. The standard InChI is InChI=1S/C40H38N4O7/c1-5-49-35-22-17-29(23-26(35)4)36-30(25-44(43-36)33-11-9-8-10-12-33)24-34(37(45)41-31-18-13-27(14-19-31)39(47)50-6-2)38(46)42-32-20-15-28(16-21-32)40(48)51-7-3/h8-25H,5-7H2,1-4H3,(H,41,45)(H,42,46). The zero-order valence-corrected chi connectivity index (χ0v) is 28.8. The first kappa shape index (κ1) is 35.8. The number of carbonyl (C=O) groups is 4. The van der Waals surface area contributed by atoms with Gasteiger partial charge in [0.25, 0.3) is 11.8 Å². The van der Waals surface area contributed by atoms with Gasteiger partial charge in [-0.3, -0.25) is 9.59 Å². The van der Waals surface area contributed by atoms with Gasteiger partial charge in [0.15, 0.2) is 0 Å². The molecule has 5 aromatic rings. The molecule has 0 aliphatic rings. The summed E-state index contributed by atoms with van der Waals surface area (Å²) in [5.41, 5.74) is 4.57. The van der Waals surface area contributed by atoms with E-state index in [9.17, 15) is 19.2 Å². The van der Waals surface area contributed by atoms with Crippen molar-refractivity contribution >= 4 is 41.2 Å². The second kappa shape index (κ2) is 16.8. The van der Waals surface area contributed by atoms with Crippen LogP contribution in [0.2, 0.25) is 0 Å². The molecular formula is C40H38N4O7. The molecule has 0 aliphatic carbocycles. The third kappa shape index (κ3) is 8.95. The number of ether oxygens (including phenoxy) is 3. The van der Waals surface area contributed by atoms with Gasteiger partial charge in [-0.2, -0.15) is 5.10 Å². The highest BCUT2D eigenvalue weighted by atomic mass is 16.5. The maximum atomic E-state index is 13.9. The van der Waals surface area contributed by atoms with Crippen LogP contribution in [0.5, 0.6) is 5.75 Å². The molecule has 0 saturated carbocycles. The predicted octanol–water partition coefficient (Wildman–Crippen LogP) is 7.26. The Morgan fingerprint density at radius 3 is 1.75 bits per heavy atom. The normalized spacial score (nSPS) is 10.5. The predicted molar refractivity (Wildman–Crippen MR) is 195 cm³/mol. The molecule has 0 saturated heterocycles. The molecule has 0 aliphatic heterocycles. The highest BCUT2D eigenvalue weighted by Gasteiger charge is 2.22. The van der Waals surface area contributed by atoms with Gasteiger partial charge in [0, 0.05) is 28.7 Å². The summed E-state index contributed by atoms with van der Waals surface area (Å²) < 4.78 is 17.5. The van der Waals surface area contributed by atoms with Gasteiger partial charge < -0.3 is 24.8 Å². The average Bonchev–Trinajstić information content (AvgIpc) is 3.56. The first-order chi connectivity index (χ1) is 24.7. The molecule has 0 spiro atoms. The summed E-state index contributed by atoms with van der Waals surface area (Å²) >= 11 is 0. The Kier molecular flexibility index (Phi) is 11.8. The van der Waals surface area contributed by atoms with E-state index < -0.39 is 23.8 Å². The summed E-state index contributed by atoms with van der Waals surface area (Å²) in [5.74, 6) is -1.65. The lowest BCUT2D eigenvalue weighted by Crippen LogP contribution is -2.25. The number of nitrogens with one attached hydrogen (secondary N) is 2. The first-order valence-corrected chi connectivity index (χ1v) is 16.5. The van der Waals surface area contributed by atoms with Crippen LogP contribution >= 0.6 is 0 Å². The van der Waals surface area contributed by atoms with Gasteiger partial charge in [0.2, 0.25) is 0 Å². The smallest absolute Gasteiger partial charge is 0.338 e. The zero-order valence-electron chi connectivity index (χ0n) is 28.8. The van der Waals surface area contributed by atoms with Gasteiger partial charge in [-0.1, -0.05) is 18.2 Å². The highest BCUT2D eigenvalue weighted by Crippen LogP contribution is 2.30. The number of rotatable bonds is 13. The summed E-state index contributed by atoms with van der Waals surface area (Å²) in [6.07, 6.45) is 3.23. The van der Waals surface area contributed by atoms with Crippen LogP contribution in [0.15, 0.2) is 109 Å². The number of para-hydroxylation sites is 1. The minimum Gasteiger partial charge on any atom is -0.494 e. The second-order valence-electron chi connectivity index (χ2n) is 11.2. The van der Waals surface area contributed by atoms with Crippen molar-refractivity contribution in [1.82, 2.24) is 9.78 Å². The van der Waals surface area contributed by atoms with Crippen LogP contribution < -0.4 is 15.4 Å². The molecule has 11 nitrogen and oxygen atoms in total. The fourth-order valence-corrected chi connectivity index (χ4v) is 5.14. The van der Waals surface area contributed by atoms with Crippen molar-refractivity contribution in [1.29, 1.82) is 0 Å². The largest absolute Gasteiger partial charge is 0.494 e. The van der Waals surface area contributed by atoms with Crippen LogP contribution in [0.4, 0.5) is 11.4 Å². The maximum Gasteiger partial charge on any atom is 0.338 e. The maximum absolute atomic E-state index is 13.9. The summed E-state index contributed by atoms with van der Waals surface area (Å²) in [5, 5.41) is 10.4. The summed E-state index contributed by atoms with van der Waals surface area (Å²) in [6.45, 7) is 8.25. The van der Waals surface area contributed by atoms with Crippen LogP contribution in [0.25, 0.3) is 23.0 Å². The van der Waals surface area contributed by atoms with Gasteiger partial charge in [-0.25, -0.2) is 14.3 Å². The molecule has 0 fully saturated rings. The van der Waals surface area contributed by atoms with Crippen molar-refractivity contribution in [3.63, 3.8) is 0 Å². The molecule has 0 radical (unpaired) electrons. The Hall–Kier alpha value is -6.49. The van der Waals surface area contributed by atoms with Gasteiger partial charge in [-0.05, 0) is 118 Å². The number of anilines is 2. The number of aromatic nitrogens is 2. The molecule has 260 valence electrons. The minimum atomic E-state index is -0.708. The molecule has 0 bridgehead atoms. The van der Waals surface area contributed by atoms with Crippen molar-refractivity contribution < 1.29 is 33.4 Å². The fourth-order valence-electron chi connectivity index (χ4n) is 5.14. The lowest BCUT2D eigenvalue weighted by molar-refractivity contribution is -0.118. The fraction of sp³-hybridized carbons (Fsp3) is 0.175. The van der Waals surface area contributed by atoms with Gasteiger partial charge in [0.05, 0.1) is 42.3 Å². The van der Waals surface area contributed by atoms with E-state index in [2.05, 4.69) is 10.6 Å². The summed E-state index contributed by atoms with van der Waals surface area (Å²) in [7, 11) is 0. The lowest BCUT2D eigenvalue weighted by atomic mass is 10.0. The number of amides is 2. The van der Waals surface area contributed by atoms with E-state index in [1.807, 2.05) is 62.4 Å². The zero-order chi connectivity index (χ0) is 36.3. The molecule has 2 N–H and O–H groups in total. The number of nitrogens with zero attached hydrogens (tertiary/aromatic N) is 2. The Labute approximate surface area is 295 Å². The molecular weight excluding hydrogens is 648 g/mol. The lowest BCUT2D eigenvalue weighted by Gasteiger charge is -2.12. The quantitative estimate of drug-likeness (QED) is 0.0572. The van der Waals surface area contributed by atoms with Gasteiger partial charge in [-0.15, -0.1) is 0 Å². The first-order valence-electron chi connectivity index (χ1n) is 16.5. The number of benzene rings is 4. The molecule has 1 aromatic heterocycles. The number of carbonyl (C=O) groups excluding carboxylic acids is 4. The van der Waals surface area contributed by atoms with E-state index in [4.69, 9.17) is 19.3 Å². The van der Waals surface area contributed by atoms with E-state index in [1.54, 1.807) is 49.0 Å². The van der Waals surface area contributed by atoms with Crippen LogP contribution in [-0.2, 0) is 19.1 Å². The number of aryl methyl sites for hydroxylation is 1. The number of hydrogen-bond donors (Lipinski definition) is 2.